The normalized spacial score (nSPS) is 31.6. The van der Waals surface area contributed by atoms with Crippen LogP contribution in [0.15, 0.2) is 12.2 Å². The van der Waals surface area contributed by atoms with Crippen molar-refractivity contribution in [1.29, 1.82) is 0 Å². The molecule has 1 saturated carbocycles. The van der Waals surface area contributed by atoms with E-state index in [1.807, 2.05) is 0 Å². The summed E-state index contributed by atoms with van der Waals surface area (Å²) < 4.78 is 0. The second-order valence-electron chi connectivity index (χ2n) is 6.28. The molecule has 2 fully saturated rings. The van der Waals surface area contributed by atoms with Crippen molar-refractivity contribution in [2.45, 2.75) is 19.8 Å². The molecule has 1 aromatic rings. The van der Waals surface area contributed by atoms with Gasteiger partial charge in [-0.25, -0.2) is 0 Å². The van der Waals surface area contributed by atoms with E-state index in [-0.39, 0.29) is 42.0 Å². The van der Waals surface area contributed by atoms with E-state index < -0.39 is 5.91 Å². The lowest BCUT2D eigenvalue weighted by Crippen LogP contribution is -2.38. The lowest BCUT2D eigenvalue weighted by molar-refractivity contribution is -0.142. The predicted molar refractivity (Wildman–Crippen MR) is 82.3 cm³/mol. The number of nitrogens with one attached hydrogen (secondary N) is 1. The van der Waals surface area contributed by atoms with Crippen LogP contribution < -0.4 is 5.32 Å². The number of likely N-dealkylation sites (tertiary alicyclic amines) is 1. The average molecular weight is 332 g/mol. The first-order valence-electron chi connectivity index (χ1n) is 7.68. The summed E-state index contributed by atoms with van der Waals surface area (Å²) in [6.45, 7) is 1.54. The first kappa shape index (κ1) is 14.5. The molecular formula is C15H16N4O3S. The Morgan fingerprint density at radius 1 is 1.22 bits per heavy atom. The van der Waals surface area contributed by atoms with Gasteiger partial charge in [0.2, 0.25) is 22.9 Å². The van der Waals surface area contributed by atoms with Crippen molar-refractivity contribution >= 4 is 34.2 Å². The lowest BCUT2D eigenvalue weighted by Gasteiger charge is -2.38. The van der Waals surface area contributed by atoms with Gasteiger partial charge in [-0.15, -0.1) is 10.2 Å². The summed E-state index contributed by atoms with van der Waals surface area (Å²) in [4.78, 5) is 38.4. The number of carbonyl (C=O) groups excluding carboxylic acids is 3. The summed E-state index contributed by atoms with van der Waals surface area (Å²) in [7, 11) is 0. The van der Waals surface area contributed by atoms with Gasteiger partial charge < -0.3 is 0 Å². The molecule has 0 unspecified atom stereocenters. The van der Waals surface area contributed by atoms with Crippen molar-refractivity contribution in [2.75, 3.05) is 11.9 Å². The van der Waals surface area contributed by atoms with Crippen LogP contribution >= 0.6 is 11.3 Å². The van der Waals surface area contributed by atoms with Gasteiger partial charge in [0.1, 0.15) is 11.6 Å². The topological polar surface area (TPSA) is 92.3 Å². The zero-order chi connectivity index (χ0) is 16.1. The highest BCUT2D eigenvalue weighted by Gasteiger charge is 2.56. The zero-order valence-corrected chi connectivity index (χ0v) is 13.4. The summed E-state index contributed by atoms with van der Waals surface area (Å²) in [6.07, 6.45) is 6.03. The summed E-state index contributed by atoms with van der Waals surface area (Å²) in [5, 5.41) is 11.3. The van der Waals surface area contributed by atoms with Crippen molar-refractivity contribution in [3.05, 3.63) is 17.2 Å². The third-order valence-corrected chi connectivity index (χ3v) is 5.68. The van der Waals surface area contributed by atoms with E-state index >= 15 is 0 Å². The standard InChI is InChI=1S/C15H16N4O3S/c1-7-17-18-15(23-7)16-10(20)6-19-13(21)11-8-2-3-9(5-4-8)12(11)14(19)22/h2-3,8-9,11-12H,4-6H2,1H3,(H,16,18,20)/t8-,9-,11-,12-/m0/s1. The molecule has 0 radical (unpaired) electrons. The minimum Gasteiger partial charge on any atom is -0.299 e. The Bertz CT molecular complexity index is 696. The molecule has 4 aliphatic rings. The second-order valence-corrected chi connectivity index (χ2v) is 7.46. The molecule has 1 aliphatic heterocycles. The largest absolute Gasteiger partial charge is 0.299 e. The minimum atomic E-state index is -0.415. The molecular weight excluding hydrogens is 316 g/mol. The van der Waals surface area contributed by atoms with Gasteiger partial charge in [0, 0.05) is 0 Å². The fraction of sp³-hybridized carbons (Fsp3) is 0.533. The number of aromatic nitrogens is 2. The van der Waals surface area contributed by atoms with Crippen LogP contribution in [0.2, 0.25) is 0 Å². The summed E-state index contributed by atoms with van der Waals surface area (Å²) in [6, 6.07) is 0. The van der Waals surface area contributed by atoms with Crippen molar-refractivity contribution in [3.8, 4) is 0 Å². The first-order chi connectivity index (χ1) is 11.0. The molecule has 0 spiro atoms. The molecule has 4 atom stereocenters. The molecule has 120 valence electrons. The van der Waals surface area contributed by atoms with E-state index in [4.69, 9.17) is 0 Å². The first-order valence-corrected chi connectivity index (χ1v) is 8.50. The summed E-state index contributed by atoms with van der Waals surface area (Å²) in [5.74, 6) is -1.10. The highest BCUT2D eigenvalue weighted by atomic mass is 32.1. The molecule has 23 heavy (non-hydrogen) atoms. The predicted octanol–water partition coefficient (Wildman–Crippen LogP) is 0.982. The van der Waals surface area contributed by atoms with E-state index in [2.05, 4.69) is 27.7 Å². The SMILES string of the molecule is Cc1nnc(NC(=O)CN2C(=O)[C@@H]3[C@@H](C2=O)[C@H]2C=C[C@H]3CC2)s1. The number of aryl methyl sites for hydroxylation is 1. The number of carbonyl (C=O) groups is 3. The van der Waals surface area contributed by atoms with Crippen LogP contribution in [0.3, 0.4) is 0 Å². The van der Waals surface area contributed by atoms with Gasteiger partial charge in [-0.2, -0.15) is 0 Å². The minimum absolute atomic E-state index is 0.139. The molecule has 3 aliphatic carbocycles. The summed E-state index contributed by atoms with van der Waals surface area (Å²) in [5.41, 5.74) is 0. The fourth-order valence-electron chi connectivity index (χ4n) is 3.94. The van der Waals surface area contributed by atoms with Gasteiger partial charge in [0.05, 0.1) is 11.8 Å². The van der Waals surface area contributed by atoms with Crippen molar-refractivity contribution in [2.24, 2.45) is 23.7 Å². The molecule has 1 aromatic heterocycles. The number of hydrogen-bond acceptors (Lipinski definition) is 6. The number of hydrogen-bond donors (Lipinski definition) is 1. The monoisotopic (exact) mass is 332 g/mol. The van der Waals surface area contributed by atoms with Crippen LogP contribution in [0.1, 0.15) is 17.8 Å². The van der Waals surface area contributed by atoms with E-state index in [9.17, 15) is 14.4 Å². The Morgan fingerprint density at radius 2 is 1.83 bits per heavy atom. The lowest BCUT2D eigenvalue weighted by atomic mass is 9.63. The molecule has 1 saturated heterocycles. The Balaban J connectivity index is 1.48. The molecule has 0 aromatic carbocycles. The molecule has 3 amide bonds. The molecule has 7 nitrogen and oxygen atoms in total. The molecule has 8 heteroatoms. The third kappa shape index (κ3) is 2.28. The Labute approximate surface area is 136 Å². The number of rotatable bonds is 3. The fourth-order valence-corrected chi connectivity index (χ4v) is 4.55. The summed E-state index contributed by atoms with van der Waals surface area (Å²) >= 11 is 1.25. The smallest absolute Gasteiger partial charge is 0.246 e. The maximum Gasteiger partial charge on any atom is 0.246 e. The van der Waals surface area contributed by atoms with Crippen molar-refractivity contribution in [1.82, 2.24) is 15.1 Å². The van der Waals surface area contributed by atoms with Crippen molar-refractivity contribution < 1.29 is 14.4 Å². The zero-order valence-electron chi connectivity index (χ0n) is 12.6. The molecule has 2 bridgehead atoms. The third-order valence-electron chi connectivity index (χ3n) is 4.92. The van der Waals surface area contributed by atoms with Crippen LogP contribution in [-0.4, -0.2) is 39.4 Å². The average Bonchev–Trinajstić information content (AvgIpc) is 3.06. The molecule has 1 N–H and O–H groups in total. The Kier molecular flexibility index (Phi) is 3.29. The van der Waals surface area contributed by atoms with Gasteiger partial charge in [0.15, 0.2) is 0 Å². The quantitative estimate of drug-likeness (QED) is 0.658. The number of allylic oxidation sites excluding steroid dienone is 2. The van der Waals surface area contributed by atoms with Gasteiger partial charge >= 0.3 is 0 Å². The van der Waals surface area contributed by atoms with E-state index in [1.54, 1.807) is 6.92 Å². The number of imide groups is 1. The van der Waals surface area contributed by atoms with E-state index in [0.717, 1.165) is 22.7 Å². The highest BCUT2D eigenvalue weighted by Crippen LogP contribution is 2.49. The van der Waals surface area contributed by atoms with Gasteiger partial charge in [-0.05, 0) is 31.6 Å². The molecule has 5 rings (SSSR count). The second kappa shape index (κ2) is 5.23. The Morgan fingerprint density at radius 3 is 2.30 bits per heavy atom. The Hall–Kier alpha value is -2.09. The highest BCUT2D eigenvalue weighted by molar-refractivity contribution is 7.15. The van der Waals surface area contributed by atoms with E-state index in [0.29, 0.717) is 5.13 Å². The van der Waals surface area contributed by atoms with Gasteiger partial charge in [0.25, 0.3) is 0 Å². The number of nitrogens with zero attached hydrogens (tertiary/aromatic N) is 3. The molecule has 2 heterocycles. The van der Waals surface area contributed by atoms with E-state index in [1.165, 1.54) is 11.3 Å². The maximum absolute atomic E-state index is 12.6. The van der Waals surface area contributed by atoms with Gasteiger partial charge in [-0.3, -0.25) is 24.6 Å². The van der Waals surface area contributed by atoms with Crippen LogP contribution in [0.25, 0.3) is 0 Å². The maximum atomic E-state index is 12.6. The number of fused-ring (bicyclic) bond motifs is 1. The number of amides is 3. The van der Waals surface area contributed by atoms with Crippen LogP contribution in [0.5, 0.6) is 0 Å². The van der Waals surface area contributed by atoms with Crippen LogP contribution in [-0.2, 0) is 14.4 Å². The van der Waals surface area contributed by atoms with Gasteiger partial charge in [-0.1, -0.05) is 23.5 Å². The van der Waals surface area contributed by atoms with Crippen LogP contribution in [0.4, 0.5) is 5.13 Å². The van der Waals surface area contributed by atoms with Crippen molar-refractivity contribution in [3.63, 3.8) is 0 Å². The van der Waals surface area contributed by atoms with Crippen LogP contribution in [0, 0.1) is 30.6 Å². The number of anilines is 1.